The summed E-state index contributed by atoms with van der Waals surface area (Å²) in [5.74, 6) is -0.468. The Morgan fingerprint density at radius 1 is 1.20 bits per heavy atom. The van der Waals surface area contributed by atoms with Gasteiger partial charge < -0.3 is 10.1 Å². The molecule has 0 fully saturated rings. The van der Waals surface area contributed by atoms with Gasteiger partial charge in [-0.05, 0) is 19.1 Å². The van der Waals surface area contributed by atoms with Crippen molar-refractivity contribution in [2.24, 2.45) is 0 Å². The Labute approximate surface area is 115 Å². The molecule has 0 saturated heterocycles. The Morgan fingerprint density at radius 2 is 1.90 bits per heavy atom. The van der Waals surface area contributed by atoms with Gasteiger partial charge in [-0.25, -0.2) is 18.7 Å². The van der Waals surface area contributed by atoms with Crippen molar-refractivity contribution in [3.05, 3.63) is 41.7 Å². The van der Waals surface area contributed by atoms with E-state index in [1.807, 2.05) is 6.92 Å². The lowest BCUT2D eigenvalue weighted by Gasteiger charge is -2.09. The summed E-state index contributed by atoms with van der Waals surface area (Å²) in [5.41, 5.74) is 0.0267. The van der Waals surface area contributed by atoms with E-state index in [1.54, 1.807) is 7.05 Å². The van der Waals surface area contributed by atoms with Crippen LogP contribution in [0.25, 0.3) is 11.3 Å². The van der Waals surface area contributed by atoms with Gasteiger partial charge in [-0.1, -0.05) is 6.07 Å². The van der Waals surface area contributed by atoms with Crippen molar-refractivity contribution in [3.63, 3.8) is 0 Å². The van der Waals surface area contributed by atoms with E-state index in [4.69, 9.17) is 4.74 Å². The quantitative estimate of drug-likeness (QED) is 0.914. The van der Waals surface area contributed by atoms with Gasteiger partial charge in [-0.15, -0.1) is 0 Å². The molecular weight excluding hydrogens is 264 g/mol. The van der Waals surface area contributed by atoms with Crippen molar-refractivity contribution in [2.75, 3.05) is 19.0 Å². The molecule has 106 valence electrons. The molecule has 1 N–H and O–H groups in total. The number of benzene rings is 1. The Morgan fingerprint density at radius 3 is 2.50 bits per heavy atom. The number of rotatable bonds is 5. The van der Waals surface area contributed by atoms with Crippen molar-refractivity contribution in [1.82, 2.24) is 9.97 Å². The molecule has 1 aromatic carbocycles. The van der Waals surface area contributed by atoms with Gasteiger partial charge in [0.15, 0.2) is 5.82 Å². The van der Waals surface area contributed by atoms with E-state index in [0.29, 0.717) is 18.2 Å². The Hall–Kier alpha value is -2.08. The zero-order valence-electron chi connectivity index (χ0n) is 11.3. The smallest absolute Gasteiger partial charge is 0.157 e. The number of hydrogen-bond donors (Lipinski definition) is 1. The fourth-order valence-corrected chi connectivity index (χ4v) is 1.75. The second kappa shape index (κ2) is 6.38. The Balaban J connectivity index is 2.50. The third-order valence-corrected chi connectivity index (χ3v) is 2.68. The fraction of sp³-hybridized carbons (Fsp3) is 0.286. The summed E-state index contributed by atoms with van der Waals surface area (Å²) >= 11 is 0. The van der Waals surface area contributed by atoms with Crippen LogP contribution in [0.5, 0.6) is 0 Å². The number of anilines is 1. The van der Waals surface area contributed by atoms with Crippen LogP contribution in [-0.2, 0) is 11.3 Å². The van der Waals surface area contributed by atoms with Gasteiger partial charge >= 0.3 is 0 Å². The normalized spacial score (nSPS) is 10.6. The van der Waals surface area contributed by atoms with Crippen LogP contribution < -0.4 is 5.32 Å². The maximum Gasteiger partial charge on any atom is 0.157 e. The van der Waals surface area contributed by atoms with Crippen molar-refractivity contribution < 1.29 is 13.5 Å². The monoisotopic (exact) mass is 279 g/mol. The van der Waals surface area contributed by atoms with Gasteiger partial charge in [0.2, 0.25) is 0 Å². The largest absolute Gasteiger partial charge is 0.374 e. The van der Waals surface area contributed by atoms with Gasteiger partial charge in [-0.3, -0.25) is 0 Å². The van der Waals surface area contributed by atoms with E-state index in [0.717, 1.165) is 0 Å². The lowest BCUT2D eigenvalue weighted by Crippen LogP contribution is -2.05. The van der Waals surface area contributed by atoms with Crippen LogP contribution in [0.1, 0.15) is 12.7 Å². The Bertz CT molecular complexity index is 585. The van der Waals surface area contributed by atoms with Gasteiger partial charge in [0.1, 0.15) is 24.1 Å². The van der Waals surface area contributed by atoms with Crippen molar-refractivity contribution in [1.29, 1.82) is 0 Å². The molecule has 2 aromatic rings. The molecule has 0 aliphatic heterocycles. The highest BCUT2D eigenvalue weighted by atomic mass is 19.1. The molecule has 6 heteroatoms. The highest BCUT2D eigenvalue weighted by molar-refractivity contribution is 5.63. The van der Waals surface area contributed by atoms with Crippen molar-refractivity contribution in [2.45, 2.75) is 13.5 Å². The summed E-state index contributed by atoms with van der Waals surface area (Å²) in [6, 6.07) is 5.20. The van der Waals surface area contributed by atoms with Crippen LogP contribution in [0.3, 0.4) is 0 Å². The van der Waals surface area contributed by atoms with Gasteiger partial charge in [0.25, 0.3) is 0 Å². The third kappa shape index (κ3) is 3.08. The first kappa shape index (κ1) is 14.3. The van der Waals surface area contributed by atoms with Crippen LogP contribution in [0.4, 0.5) is 14.6 Å². The van der Waals surface area contributed by atoms with Crippen LogP contribution >= 0.6 is 0 Å². The Kier molecular flexibility index (Phi) is 4.57. The minimum atomic E-state index is -0.659. The molecule has 4 nitrogen and oxygen atoms in total. The third-order valence-electron chi connectivity index (χ3n) is 2.68. The number of ether oxygens (including phenoxy) is 1. The zero-order valence-corrected chi connectivity index (χ0v) is 11.3. The summed E-state index contributed by atoms with van der Waals surface area (Å²) < 4.78 is 32.8. The average molecular weight is 279 g/mol. The minimum absolute atomic E-state index is 0.163. The highest BCUT2D eigenvalue weighted by Gasteiger charge is 2.14. The van der Waals surface area contributed by atoms with E-state index >= 15 is 0 Å². The molecule has 0 spiro atoms. The lowest BCUT2D eigenvalue weighted by atomic mass is 10.1. The number of nitrogens with zero attached hydrogens (tertiary/aromatic N) is 2. The van der Waals surface area contributed by atoms with Crippen LogP contribution in [0.2, 0.25) is 0 Å². The van der Waals surface area contributed by atoms with Crippen LogP contribution in [-0.4, -0.2) is 23.6 Å². The topological polar surface area (TPSA) is 47.0 Å². The second-order valence-electron chi connectivity index (χ2n) is 4.04. The first-order valence-electron chi connectivity index (χ1n) is 6.23. The second-order valence-corrected chi connectivity index (χ2v) is 4.04. The molecule has 0 amide bonds. The molecule has 0 aliphatic carbocycles. The highest BCUT2D eigenvalue weighted by Crippen LogP contribution is 2.26. The molecule has 0 aliphatic rings. The summed E-state index contributed by atoms with van der Waals surface area (Å²) in [6.45, 7) is 2.55. The lowest BCUT2D eigenvalue weighted by molar-refractivity contribution is 0.128. The SMILES string of the molecule is CCOCc1nc(NC)cc(-c2c(F)cccc2F)n1. The molecule has 0 atom stereocenters. The van der Waals surface area contributed by atoms with E-state index < -0.39 is 11.6 Å². The standard InChI is InChI=1S/C14H15F2N3O/c1-3-20-8-13-18-11(7-12(17-2)19-13)14-9(15)5-4-6-10(14)16/h4-7H,3,8H2,1-2H3,(H,17,18,19). The maximum absolute atomic E-state index is 13.8. The molecule has 0 saturated carbocycles. The van der Waals surface area contributed by atoms with E-state index in [1.165, 1.54) is 24.3 Å². The van der Waals surface area contributed by atoms with E-state index in [-0.39, 0.29) is 17.9 Å². The first-order valence-corrected chi connectivity index (χ1v) is 6.23. The fourth-order valence-electron chi connectivity index (χ4n) is 1.75. The number of aromatic nitrogens is 2. The van der Waals surface area contributed by atoms with Crippen molar-refractivity contribution in [3.8, 4) is 11.3 Å². The average Bonchev–Trinajstić information content (AvgIpc) is 2.44. The van der Waals surface area contributed by atoms with Gasteiger partial charge in [0.05, 0.1) is 11.3 Å². The summed E-state index contributed by atoms with van der Waals surface area (Å²) in [6.07, 6.45) is 0. The molecule has 1 aromatic heterocycles. The summed E-state index contributed by atoms with van der Waals surface area (Å²) in [5, 5.41) is 2.84. The predicted molar refractivity (Wildman–Crippen MR) is 72.3 cm³/mol. The molecule has 1 heterocycles. The van der Waals surface area contributed by atoms with Gasteiger partial charge in [0, 0.05) is 19.7 Å². The number of hydrogen-bond acceptors (Lipinski definition) is 4. The summed E-state index contributed by atoms with van der Waals surface area (Å²) in [7, 11) is 1.67. The molecule has 2 rings (SSSR count). The summed E-state index contributed by atoms with van der Waals surface area (Å²) in [4.78, 5) is 8.34. The zero-order chi connectivity index (χ0) is 14.5. The van der Waals surface area contributed by atoms with Gasteiger partial charge in [-0.2, -0.15) is 0 Å². The van der Waals surface area contributed by atoms with Crippen LogP contribution in [0.15, 0.2) is 24.3 Å². The predicted octanol–water partition coefficient (Wildman–Crippen LogP) is 3.00. The number of halogens is 2. The van der Waals surface area contributed by atoms with E-state index in [2.05, 4.69) is 15.3 Å². The number of nitrogens with one attached hydrogen (secondary N) is 1. The van der Waals surface area contributed by atoms with Crippen molar-refractivity contribution >= 4 is 5.82 Å². The first-order chi connectivity index (χ1) is 9.65. The molecule has 0 unspecified atom stereocenters. The maximum atomic E-state index is 13.8. The molecule has 0 radical (unpaired) electrons. The molecule has 20 heavy (non-hydrogen) atoms. The van der Waals surface area contributed by atoms with E-state index in [9.17, 15) is 8.78 Å². The molecule has 0 bridgehead atoms. The molecular formula is C14H15F2N3O. The minimum Gasteiger partial charge on any atom is -0.374 e. The van der Waals surface area contributed by atoms with Crippen LogP contribution in [0, 0.1) is 11.6 Å².